The van der Waals surface area contributed by atoms with Crippen LogP contribution >= 0.6 is 0 Å². The van der Waals surface area contributed by atoms with Crippen molar-refractivity contribution in [1.82, 2.24) is 25.1 Å². The molecule has 23 heavy (non-hydrogen) atoms. The first-order valence-electron chi connectivity index (χ1n) is 7.99. The highest BCUT2D eigenvalue weighted by Gasteiger charge is 2.25. The van der Waals surface area contributed by atoms with Crippen molar-refractivity contribution in [2.24, 2.45) is 11.7 Å². The van der Waals surface area contributed by atoms with Crippen LogP contribution in [0.15, 0.2) is 30.6 Å². The molecular weight excluding hydrogens is 292 g/mol. The lowest BCUT2D eigenvalue weighted by Crippen LogP contribution is -2.45. The van der Waals surface area contributed by atoms with Gasteiger partial charge in [-0.2, -0.15) is 0 Å². The summed E-state index contributed by atoms with van der Waals surface area (Å²) in [6.45, 7) is 3.64. The number of nitrogens with zero attached hydrogens (tertiary/aromatic N) is 5. The van der Waals surface area contributed by atoms with Crippen molar-refractivity contribution in [3.63, 3.8) is 0 Å². The van der Waals surface area contributed by atoms with E-state index in [4.69, 9.17) is 5.73 Å². The molecule has 0 bridgehead atoms. The molecule has 0 spiro atoms. The van der Waals surface area contributed by atoms with Gasteiger partial charge < -0.3 is 10.6 Å². The maximum Gasteiger partial charge on any atom is 0.226 e. The minimum atomic E-state index is 0.140. The summed E-state index contributed by atoms with van der Waals surface area (Å²) >= 11 is 0. The van der Waals surface area contributed by atoms with Crippen molar-refractivity contribution in [2.45, 2.75) is 32.2 Å². The molecule has 122 valence electrons. The zero-order valence-electron chi connectivity index (χ0n) is 13.3. The predicted molar refractivity (Wildman–Crippen MR) is 85.8 cm³/mol. The van der Waals surface area contributed by atoms with Crippen molar-refractivity contribution < 1.29 is 4.79 Å². The van der Waals surface area contributed by atoms with Gasteiger partial charge in [0.25, 0.3) is 0 Å². The summed E-state index contributed by atoms with van der Waals surface area (Å²) in [6, 6.07) is 7.87. The largest absolute Gasteiger partial charge is 0.342 e. The lowest BCUT2D eigenvalue weighted by atomic mass is 9.92. The van der Waals surface area contributed by atoms with E-state index in [1.54, 1.807) is 11.0 Å². The molecule has 0 radical (unpaired) electrons. The number of nitrogens with two attached hydrogens (primary N) is 1. The van der Waals surface area contributed by atoms with Crippen LogP contribution in [0, 0.1) is 5.92 Å². The monoisotopic (exact) mass is 314 g/mol. The highest BCUT2D eigenvalue weighted by molar-refractivity contribution is 5.79. The standard InChI is InChI=1S/C16H22N6O/c1-12(17)14-3-2-8-21(10-14)16(23)9-13-4-6-15(7-5-13)22-11-18-19-20-22/h4-7,11-12,14H,2-3,8-10,17H2,1H3/t12-,14-/m0/s1. The van der Waals surface area contributed by atoms with E-state index in [1.165, 1.54) is 0 Å². The molecule has 2 atom stereocenters. The third kappa shape index (κ3) is 3.73. The topological polar surface area (TPSA) is 89.9 Å². The Bertz CT molecular complexity index is 637. The summed E-state index contributed by atoms with van der Waals surface area (Å²) < 4.78 is 1.59. The van der Waals surface area contributed by atoms with Crippen LogP contribution in [-0.2, 0) is 11.2 Å². The Labute approximate surface area is 135 Å². The van der Waals surface area contributed by atoms with Gasteiger partial charge in [0, 0.05) is 19.1 Å². The Hall–Kier alpha value is -2.28. The molecule has 7 nitrogen and oxygen atoms in total. The fourth-order valence-electron chi connectivity index (χ4n) is 3.00. The number of amides is 1. The van der Waals surface area contributed by atoms with E-state index in [0.717, 1.165) is 37.2 Å². The van der Waals surface area contributed by atoms with E-state index in [-0.39, 0.29) is 11.9 Å². The number of hydrogen-bond donors (Lipinski definition) is 1. The lowest BCUT2D eigenvalue weighted by molar-refractivity contribution is -0.132. The molecule has 2 N–H and O–H groups in total. The lowest BCUT2D eigenvalue weighted by Gasteiger charge is -2.34. The van der Waals surface area contributed by atoms with E-state index in [0.29, 0.717) is 12.3 Å². The number of benzene rings is 1. The van der Waals surface area contributed by atoms with Crippen LogP contribution in [0.3, 0.4) is 0 Å². The smallest absolute Gasteiger partial charge is 0.226 e. The van der Waals surface area contributed by atoms with Crippen LogP contribution in [0.25, 0.3) is 5.69 Å². The second-order valence-corrected chi connectivity index (χ2v) is 6.20. The van der Waals surface area contributed by atoms with Crippen molar-refractivity contribution in [3.8, 4) is 5.69 Å². The van der Waals surface area contributed by atoms with Gasteiger partial charge in [0.2, 0.25) is 5.91 Å². The van der Waals surface area contributed by atoms with Gasteiger partial charge in [-0.15, -0.1) is 5.10 Å². The minimum absolute atomic E-state index is 0.140. The first-order chi connectivity index (χ1) is 11.1. The predicted octanol–water partition coefficient (Wildman–Crippen LogP) is 0.791. The highest BCUT2D eigenvalue weighted by Crippen LogP contribution is 2.19. The normalized spacial score (nSPS) is 19.6. The SMILES string of the molecule is C[C@H](N)[C@H]1CCCN(C(=O)Cc2ccc(-n3cnnn3)cc2)C1. The molecule has 1 saturated heterocycles. The van der Waals surface area contributed by atoms with Crippen LogP contribution < -0.4 is 5.73 Å². The van der Waals surface area contributed by atoms with Crippen LogP contribution in [0.2, 0.25) is 0 Å². The highest BCUT2D eigenvalue weighted by atomic mass is 16.2. The summed E-state index contributed by atoms with van der Waals surface area (Å²) in [4.78, 5) is 14.4. The molecule has 1 aliphatic heterocycles. The number of hydrogen-bond acceptors (Lipinski definition) is 5. The van der Waals surface area contributed by atoms with Crippen LogP contribution in [0.1, 0.15) is 25.3 Å². The summed E-state index contributed by atoms with van der Waals surface area (Å²) in [5.41, 5.74) is 7.86. The van der Waals surface area contributed by atoms with Crippen molar-refractivity contribution in [3.05, 3.63) is 36.2 Å². The Balaban J connectivity index is 1.61. The Morgan fingerprint density at radius 1 is 1.39 bits per heavy atom. The Morgan fingerprint density at radius 3 is 2.83 bits per heavy atom. The number of piperidine rings is 1. The summed E-state index contributed by atoms with van der Waals surface area (Å²) in [5.74, 6) is 0.584. The van der Waals surface area contributed by atoms with Gasteiger partial charge in [0.05, 0.1) is 12.1 Å². The van der Waals surface area contributed by atoms with Gasteiger partial charge >= 0.3 is 0 Å². The van der Waals surface area contributed by atoms with Gasteiger partial charge in [-0.1, -0.05) is 12.1 Å². The summed E-state index contributed by atoms with van der Waals surface area (Å²) in [7, 11) is 0. The third-order valence-corrected chi connectivity index (χ3v) is 4.46. The molecular formula is C16H22N6O. The van der Waals surface area contributed by atoms with Crippen molar-refractivity contribution in [2.75, 3.05) is 13.1 Å². The van der Waals surface area contributed by atoms with E-state index < -0.39 is 0 Å². The van der Waals surface area contributed by atoms with Gasteiger partial charge in [-0.05, 0) is 53.8 Å². The number of likely N-dealkylation sites (tertiary alicyclic amines) is 1. The molecule has 1 fully saturated rings. The van der Waals surface area contributed by atoms with Crippen LogP contribution in [0.5, 0.6) is 0 Å². The minimum Gasteiger partial charge on any atom is -0.342 e. The maximum atomic E-state index is 12.5. The van der Waals surface area contributed by atoms with E-state index in [9.17, 15) is 4.79 Å². The number of carbonyl (C=O) groups is 1. The fraction of sp³-hybridized carbons (Fsp3) is 0.500. The number of carbonyl (C=O) groups excluding carboxylic acids is 1. The first-order valence-corrected chi connectivity index (χ1v) is 7.99. The molecule has 0 unspecified atom stereocenters. The molecule has 0 saturated carbocycles. The molecule has 0 aliphatic carbocycles. The average Bonchev–Trinajstić information content (AvgIpc) is 3.10. The van der Waals surface area contributed by atoms with Gasteiger partial charge in [0.15, 0.2) is 0 Å². The van der Waals surface area contributed by atoms with E-state index >= 15 is 0 Å². The fourth-order valence-corrected chi connectivity index (χ4v) is 3.00. The third-order valence-electron chi connectivity index (χ3n) is 4.46. The molecule has 1 aromatic carbocycles. The average molecular weight is 314 g/mol. The number of tetrazole rings is 1. The second-order valence-electron chi connectivity index (χ2n) is 6.20. The first kappa shape index (κ1) is 15.6. The van der Waals surface area contributed by atoms with Gasteiger partial charge in [0.1, 0.15) is 6.33 Å². The zero-order valence-corrected chi connectivity index (χ0v) is 13.3. The Morgan fingerprint density at radius 2 is 2.17 bits per heavy atom. The molecule has 1 aliphatic rings. The Kier molecular flexibility index (Phi) is 4.66. The van der Waals surface area contributed by atoms with Crippen molar-refractivity contribution >= 4 is 5.91 Å². The zero-order chi connectivity index (χ0) is 16.2. The molecule has 3 rings (SSSR count). The van der Waals surface area contributed by atoms with E-state index in [2.05, 4.69) is 15.5 Å². The van der Waals surface area contributed by atoms with Gasteiger partial charge in [-0.25, -0.2) is 4.68 Å². The number of rotatable bonds is 4. The summed E-state index contributed by atoms with van der Waals surface area (Å²) in [5, 5.41) is 11.1. The molecule has 7 heteroatoms. The maximum absolute atomic E-state index is 12.5. The number of aromatic nitrogens is 4. The summed E-state index contributed by atoms with van der Waals surface area (Å²) in [6.07, 6.45) is 4.11. The van der Waals surface area contributed by atoms with Gasteiger partial charge in [-0.3, -0.25) is 4.79 Å². The van der Waals surface area contributed by atoms with E-state index in [1.807, 2.05) is 36.1 Å². The second kappa shape index (κ2) is 6.87. The van der Waals surface area contributed by atoms with Crippen molar-refractivity contribution in [1.29, 1.82) is 0 Å². The quantitative estimate of drug-likeness (QED) is 0.901. The molecule has 2 aromatic rings. The van der Waals surface area contributed by atoms with Crippen LogP contribution in [-0.4, -0.2) is 50.1 Å². The molecule has 2 heterocycles. The molecule has 1 amide bonds. The van der Waals surface area contributed by atoms with Crippen LogP contribution in [0.4, 0.5) is 0 Å². The molecule has 1 aromatic heterocycles.